The molecule has 1 N–H and O–H groups in total. The van der Waals surface area contributed by atoms with Gasteiger partial charge in [-0.1, -0.05) is 0 Å². The van der Waals surface area contributed by atoms with E-state index in [1.165, 1.54) is 6.92 Å². The van der Waals surface area contributed by atoms with Crippen molar-refractivity contribution in [1.82, 2.24) is 0 Å². The first-order valence-electron chi connectivity index (χ1n) is 5.93. The Hall–Kier alpha value is -0.720. The van der Waals surface area contributed by atoms with Crippen molar-refractivity contribution in [3.8, 4) is 0 Å². The molecule has 2 unspecified atom stereocenters. The summed E-state index contributed by atoms with van der Waals surface area (Å²) in [6.07, 6.45) is -0.291. The number of carboxylic acids is 1. The summed E-state index contributed by atoms with van der Waals surface area (Å²) < 4.78 is 50.0. The number of carbonyl (C=O) groups is 1. The zero-order valence-electron chi connectivity index (χ0n) is 10.2. The van der Waals surface area contributed by atoms with Crippen LogP contribution in [0.5, 0.6) is 0 Å². The van der Waals surface area contributed by atoms with Gasteiger partial charge in [0.2, 0.25) is 5.92 Å². The number of aliphatic carboxylic acids is 1. The number of alkyl halides is 2. The smallest absolute Gasteiger partial charge is 0.304 e. The highest BCUT2D eigenvalue weighted by Crippen LogP contribution is 2.37. The van der Waals surface area contributed by atoms with Crippen LogP contribution in [0.4, 0.5) is 8.78 Å². The Morgan fingerprint density at radius 1 is 1.50 bits per heavy atom. The van der Waals surface area contributed by atoms with E-state index in [2.05, 4.69) is 0 Å². The fraction of sp³-hybridized carbons (Fsp3) is 0.909. The van der Waals surface area contributed by atoms with Crippen LogP contribution in [-0.2, 0) is 14.6 Å². The third kappa shape index (κ3) is 4.51. The third-order valence-electron chi connectivity index (χ3n) is 3.29. The van der Waals surface area contributed by atoms with Gasteiger partial charge in [-0.3, -0.25) is 4.79 Å². The molecule has 4 nitrogen and oxygen atoms in total. The highest BCUT2D eigenvalue weighted by atomic mass is 32.2. The number of carboxylic acid groups (broad SMARTS) is 1. The molecule has 0 aromatic carbocycles. The SMILES string of the molecule is CC(CC(=O)O)S(=O)(=O)CC1CCCC(F)(F)C1. The molecular weight excluding hydrogens is 266 g/mol. The molecule has 1 aliphatic carbocycles. The molecule has 1 fully saturated rings. The van der Waals surface area contributed by atoms with Crippen molar-refractivity contribution >= 4 is 15.8 Å². The second-order valence-electron chi connectivity index (χ2n) is 5.06. The molecule has 18 heavy (non-hydrogen) atoms. The summed E-state index contributed by atoms with van der Waals surface area (Å²) in [4.78, 5) is 10.5. The van der Waals surface area contributed by atoms with Crippen LogP contribution in [-0.4, -0.2) is 36.4 Å². The van der Waals surface area contributed by atoms with Crippen LogP contribution in [0.2, 0.25) is 0 Å². The van der Waals surface area contributed by atoms with Gasteiger partial charge in [-0.2, -0.15) is 0 Å². The molecule has 0 aromatic heterocycles. The van der Waals surface area contributed by atoms with E-state index in [0.29, 0.717) is 12.8 Å². The minimum Gasteiger partial charge on any atom is -0.481 e. The van der Waals surface area contributed by atoms with Crippen molar-refractivity contribution < 1.29 is 27.1 Å². The molecule has 7 heteroatoms. The van der Waals surface area contributed by atoms with E-state index in [1.807, 2.05) is 0 Å². The quantitative estimate of drug-likeness (QED) is 0.839. The monoisotopic (exact) mass is 284 g/mol. The Morgan fingerprint density at radius 2 is 2.11 bits per heavy atom. The molecule has 0 amide bonds. The highest BCUT2D eigenvalue weighted by Gasteiger charge is 2.38. The number of rotatable bonds is 5. The number of sulfone groups is 1. The summed E-state index contributed by atoms with van der Waals surface area (Å²) in [5, 5.41) is 7.53. The summed E-state index contributed by atoms with van der Waals surface area (Å²) in [6.45, 7) is 1.31. The minimum atomic E-state index is -3.62. The lowest BCUT2D eigenvalue weighted by Crippen LogP contribution is -2.33. The van der Waals surface area contributed by atoms with Crippen LogP contribution in [0, 0.1) is 5.92 Å². The molecule has 0 spiro atoms. The second-order valence-corrected chi connectivity index (χ2v) is 7.52. The zero-order valence-corrected chi connectivity index (χ0v) is 11.0. The first kappa shape index (κ1) is 15.3. The lowest BCUT2D eigenvalue weighted by Gasteiger charge is -2.29. The number of hydrogen-bond acceptors (Lipinski definition) is 3. The number of hydrogen-bond donors (Lipinski definition) is 1. The van der Waals surface area contributed by atoms with Gasteiger partial charge in [0.05, 0.1) is 17.4 Å². The second kappa shape index (κ2) is 5.50. The molecule has 1 saturated carbocycles. The molecule has 0 bridgehead atoms. The molecule has 2 atom stereocenters. The average Bonchev–Trinajstić information content (AvgIpc) is 2.13. The van der Waals surface area contributed by atoms with Crippen molar-refractivity contribution in [3.05, 3.63) is 0 Å². The fourth-order valence-corrected chi connectivity index (χ4v) is 3.95. The fourth-order valence-electron chi connectivity index (χ4n) is 2.28. The van der Waals surface area contributed by atoms with Gasteiger partial charge in [0.25, 0.3) is 0 Å². The van der Waals surface area contributed by atoms with Gasteiger partial charge in [-0.25, -0.2) is 17.2 Å². The summed E-state index contributed by atoms with van der Waals surface area (Å²) in [5.41, 5.74) is 0. The average molecular weight is 284 g/mol. The van der Waals surface area contributed by atoms with E-state index in [1.54, 1.807) is 0 Å². The predicted octanol–water partition coefficient (Wildman–Crippen LogP) is 2.09. The van der Waals surface area contributed by atoms with E-state index in [0.717, 1.165) is 0 Å². The molecule has 0 heterocycles. The summed E-state index contributed by atoms with van der Waals surface area (Å²) >= 11 is 0. The molecule has 1 aliphatic rings. The Labute approximate surface area is 105 Å². The molecule has 0 saturated heterocycles. The van der Waals surface area contributed by atoms with E-state index in [4.69, 9.17) is 5.11 Å². The van der Waals surface area contributed by atoms with Gasteiger partial charge in [-0.15, -0.1) is 0 Å². The van der Waals surface area contributed by atoms with Gasteiger partial charge >= 0.3 is 5.97 Å². The van der Waals surface area contributed by atoms with Crippen molar-refractivity contribution in [2.45, 2.75) is 50.2 Å². The van der Waals surface area contributed by atoms with Crippen LogP contribution >= 0.6 is 0 Å². The summed E-state index contributed by atoms with van der Waals surface area (Å²) in [6, 6.07) is 0. The molecule has 1 rings (SSSR count). The van der Waals surface area contributed by atoms with Gasteiger partial charge < -0.3 is 5.11 Å². The number of halogens is 2. The van der Waals surface area contributed by atoms with E-state index < -0.39 is 45.7 Å². The Kier molecular flexibility index (Phi) is 4.69. The lowest BCUT2D eigenvalue weighted by atomic mass is 9.88. The predicted molar refractivity (Wildman–Crippen MR) is 62.4 cm³/mol. The standard InChI is InChI=1S/C11H18F2O4S/c1-8(5-10(14)15)18(16,17)7-9-3-2-4-11(12,13)6-9/h8-9H,2-7H2,1H3,(H,14,15). The minimum absolute atomic E-state index is 0.186. The third-order valence-corrected chi connectivity index (χ3v) is 5.61. The highest BCUT2D eigenvalue weighted by molar-refractivity contribution is 7.92. The van der Waals surface area contributed by atoms with Gasteiger partial charge in [0.15, 0.2) is 9.84 Å². The topological polar surface area (TPSA) is 71.4 Å². The maximum Gasteiger partial charge on any atom is 0.304 e. The molecule has 0 radical (unpaired) electrons. The van der Waals surface area contributed by atoms with Gasteiger partial charge in [-0.05, 0) is 25.7 Å². The van der Waals surface area contributed by atoms with E-state index >= 15 is 0 Å². The molecule has 0 aliphatic heterocycles. The van der Waals surface area contributed by atoms with E-state index in [-0.39, 0.29) is 12.2 Å². The summed E-state index contributed by atoms with van der Waals surface area (Å²) in [5.74, 6) is -4.87. The van der Waals surface area contributed by atoms with Gasteiger partial charge in [0.1, 0.15) is 0 Å². The van der Waals surface area contributed by atoms with Crippen molar-refractivity contribution in [2.24, 2.45) is 5.92 Å². The zero-order chi connectivity index (χ0) is 14.0. The van der Waals surface area contributed by atoms with Crippen LogP contribution in [0.1, 0.15) is 39.0 Å². The van der Waals surface area contributed by atoms with Crippen LogP contribution in [0.3, 0.4) is 0 Å². The van der Waals surface area contributed by atoms with Crippen LogP contribution in [0.15, 0.2) is 0 Å². The molecular formula is C11H18F2O4S. The van der Waals surface area contributed by atoms with Gasteiger partial charge in [0, 0.05) is 12.8 Å². The Bertz CT molecular complexity index is 405. The molecule has 106 valence electrons. The lowest BCUT2D eigenvalue weighted by molar-refractivity contribution is -0.136. The van der Waals surface area contributed by atoms with E-state index in [9.17, 15) is 22.0 Å². The van der Waals surface area contributed by atoms with Crippen LogP contribution in [0.25, 0.3) is 0 Å². The maximum absolute atomic E-state index is 13.2. The van der Waals surface area contributed by atoms with Crippen molar-refractivity contribution in [1.29, 1.82) is 0 Å². The first-order valence-corrected chi connectivity index (χ1v) is 7.65. The largest absolute Gasteiger partial charge is 0.481 e. The van der Waals surface area contributed by atoms with Crippen molar-refractivity contribution in [2.75, 3.05) is 5.75 Å². The normalized spacial score (nSPS) is 25.6. The maximum atomic E-state index is 13.2. The molecule has 0 aromatic rings. The Balaban J connectivity index is 2.62. The Morgan fingerprint density at radius 3 is 2.61 bits per heavy atom. The van der Waals surface area contributed by atoms with Crippen LogP contribution < -0.4 is 0 Å². The first-order chi connectivity index (χ1) is 8.12. The van der Waals surface area contributed by atoms with Crippen molar-refractivity contribution in [3.63, 3.8) is 0 Å². The summed E-state index contributed by atoms with van der Waals surface area (Å²) in [7, 11) is -3.62.